The standard InChI is InChI=1S/C16H18ClNS/c17-16-7-6-15(19-16)8-9-18-11-12-4-5-13-2-1-3-14(13)10-12/h4-7,10,18H,1-3,8-9,11H2. The highest BCUT2D eigenvalue weighted by Gasteiger charge is 2.10. The summed E-state index contributed by atoms with van der Waals surface area (Å²) in [4.78, 5) is 1.35. The van der Waals surface area contributed by atoms with Crippen LogP contribution in [0.3, 0.4) is 0 Å². The van der Waals surface area contributed by atoms with E-state index >= 15 is 0 Å². The molecule has 0 radical (unpaired) electrons. The van der Waals surface area contributed by atoms with Crippen LogP contribution in [0.1, 0.15) is 28.0 Å². The van der Waals surface area contributed by atoms with E-state index in [2.05, 4.69) is 29.6 Å². The molecule has 0 amide bonds. The van der Waals surface area contributed by atoms with Gasteiger partial charge in [-0.15, -0.1) is 11.3 Å². The number of thiophene rings is 1. The molecule has 1 aromatic carbocycles. The Kier molecular flexibility index (Phi) is 4.21. The Labute approximate surface area is 123 Å². The summed E-state index contributed by atoms with van der Waals surface area (Å²) in [5, 5.41) is 3.51. The highest BCUT2D eigenvalue weighted by molar-refractivity contribution is 7.16. The van der Waals surface area contributed by atoms with Crippen LogP contribution in [0.4, 0.5) is 0 Å². The molecule has 19 heavy (non-hydrogen) atoms. The van der Waals surface area contributed by atoms with Gasteiger partial charge >= 0.3 is 0 Å². The molecule has 0 saturated carbocycles. The second kappa shape index (κ2) is 6.08. The Morgan fingerprint density at radius 2 is 2.00 bits per heavy atom. The van der Waals surface area contributed by atoms with Gasteiger partial charge in [-0.2, -0.15) is 0 Å². The van der Waals surface area contributed by atoms with E-state index in [0.717, 1.165) is 23.8 Å². The summed E-state index contributed by atoms with van der Waals surface area (Å²) in [6.07, 6.45) is 4.91. The highest BCUT2D eigenvalue weighted by Crippen LogP contribution is 2.23. The summed E-state index contributed by atoms with van der Waals surface area (Å²) in [5.74, 6) is 0. The SMILES string of the molecule is Clc1ccc(CCNCc2ccc3c(c2)CCC3)s1. The van der Waals surface area contributed by atoms with Gasteiger partial charge in [-0.3, -0.25) is 0 Å². The van der Waals surface area contributed by atoms with Gasteiger partial charge in [0.1, 0.15) is 0 Å². The molecule has 0 spiro atoms. The molecule has 1 aliphatic carbocycles. The summed E-state index contributed by atoms with van der Waals surface area (Å²) in [6.45, 7) is 1.97. The van der Waals surface area contributed by atoms with Gasteiger partial charge in [0.05, 0.1) is 4.34 Å². The molecular formula is C16H18ClNS. The molecule has 2 aromatic rings. The maximum atomic E-state index is 5.92. The number of nitrogens with one attached hydrogen (secondary N) is 1. The Morgan fingerprint density at radius 3 is 2.84 bits per heavy atom. The Hall–Kier alpha value is -0.830. The quantitative estimate of drug-likeness (QED) is 0.813. The maximum absolute atomic E-state index is 5.92. The maximum Gasteiger partial charge on any atom is 0.0931 e. The summed E-state index contributed by atoms with van der Waals surface area (Å²) >= 11 is 7.60. The van der Waals surface area contributed by atoms with Crippen LogP contribution in [-0.4, -0.2) is 6.54 Å². The van der Waals surface area contributed by atoms with Crippen molar-refractivity contribution in [3.63, 3.8) is 0 Å². The van der Waals surface area contributed by atoms with Gasteiger partial charge in [0.15, 0.2) is 0 Å². The molecule has 0 atom stereocenters. The van der Waals surface area contributed by atoms with E-state index in [1.54, 1.807) is 22.5 Å². The van der Waals surface area contributed by atoms with E-state index in [1.807, 2.05) is 6.07 Å². The molecule has 0 unspecified atom stereocenters. The molecule has 1 nitrogen and oxygen atoms in total. The topological polar surface area (TPSA) is 12.0 Å². The number of hydrogen-bond acceptors (Lipinski definition) is 2. The predicted molar refractivity (Wildman–Crippen MR) is 83.2 cm³/mol. The Balaban J connectivity index is 1.47. The fourth-order valence-corrected chi connectivity index (χ4v) is 3.75. The third-order valence-corrected chi connectivity index (χ3v) is 4.96. The van der Waals surface area contributed by atoms with Gasteiger partial charge < -0.3 is 5.32 Å². The smallest absolute Gasteiger partial charge is 0.0931 e. The van der Waals surface area contributed by atoms with E-state index in [4.69, 9.17) is 11.6 Å². The average molecular weight is 292 g/mol. The van der Waals surface area contributed by atoms with Crippen molar-refractivity contribution >= 4 is 22.9 Å². The summed E-state index contributed by atoms with van der Waals surface area (Å²) in [7, 11) is 0. The molecule has 0 aliphatic heterocycles. The van der Waals surface area contributed by atoms with Gasteiger partial charge in [0.25, 0.3) is 0 Å². The van der Waals surface area contributed by atoms with Crippen LogP contribution in [0.15, 0.2) is 30.3 Å². The van der Waals surface area contributed by atoms with Crippen LogP contribution in [0.25, 0.3) is 0 Å². The lowest BCUT2D eigenvalue weighted by Crippen LogP contribution is -2.16. The number of halogens is 1. The van der Waals surface area contributed by atoms with E-state index in [0.29, 0.717) is 0 Å². The predicted octanol–water partition coefficient (Wildman–Crippen LogP) is 4.22. The number of aryl methyl sites for hydroxylation is 2. The van der Waals surface area contributed by atoms with Gasteiger partial charge in [-0.05, 0) is 54.5 Å². The number of hydrogen-bond donors (Lipinski definition) is 1. The van der Waals surface area contributed by atoms with Crippen molar-refractivity contribution in [2.45, 2.75) is 32.2 Å². The second-order valence-electron chi connectivity index (χ2n) is 5.09. The zero-order valence-electron chi connectivity index (χ0n) is 10.9. The van der Waals surface area contributed by atoms with Crippen molar-refractivity contribution in [1.29, 1.82) is 0 Å². The molecule has 100 valence electrons. The molecule has 1 heterocycles. The number of rotatable bonds is 5. The second-order valence-corrected chi connectivity index (χ2v) is 6.89. The minimum Gasteiger partial charge on any atom is -0.312 e. The molecule has 1 N–H and O–H groups in total. The molecule has 1 aromatic heterocycles. The average Bonchev–Trinajstić information content (AvgIpc) is 3.03. The monoisotopic (exact) mass is 291 g/mol. The first-order chi connectivity index (χ1) is 9.31. The number of benzene rings is 1. The van der Waals surface area contributed by atoms with Crippen molar-refractivity contribution in [3.05, 3.63) is 56.2 Å². The molecular weight excluding hydrogens is 274 g/mol. The third kappa shape index (κ3) is 3.38. The van der Waals surface area contributed by atoms with Crippen LogP contribution < -0.4 is 5.32 Å². The lowest BCUT2D eigenvalue weighted by Gasteiger charge is -2.06. The van der Waals surface area contributed by atoms with Crippen LogP contribution >= 0.6 is 22.9 Å². The summed E-state index contributed by atoms with van der Waals surface area (Å²) in [6, 6.07) is 11.0. The molecule has 0 fully saturated rings. The molecule has 0 saturated heterocycles. The highest BCUT2D eigenvalue weighted by atomic mass is 35.5. The van der Waals surface area contributed by atoms with Gasteiger partial charge in [0.2, 0.25) is 0 Å². The molecule has 3 rings (SSSR count). The fourth-order valence-electron chi connectivity index (χ4n) is 2.67. The lowest BCUT2D eigenvalue weighted by molar-refractivity contribution is 0.690. The van der Waals surface area contributed by atoms with Crippen LogP contribution in [0.2, 0.25) is 4.34 Å². The molecule has 1 aliphatic rings. The van der Waals surface area contributed by atoms with Gasteiger partial charge in [-0.25, -0.2) is 0 Å². The number of fused-ring (bicyclic) bond motifs is 1. The third-order valence-electron chi connectivity index (χ3n) is 3.67. The molecule has 0 bridgehead atoms. The van der Waals surface area contributed by atoms with E-state index in [-0.39, 0.29) is 0 Å². The van der Waals surface area contributed by atoms with E-state index < -0.39 is 0 Å². The lowest BCUT2D eigenvalue weighted by atomic mass is 10.1. The van der Waals surface area contributed by atoms with Crippen molar-refractivity contribution < 1.29 is 0 Å². The van der Waals surface area contributed by atoms with Crippen molar-refractivity contribution in [1.82, 2.24) is 5.32 Å². The van der Waals surface area contributed by atoms with Gasteiger partial charge in [-0.1, -0.05) is 29.8 Å². The van der Waals surface area contributed by atoms with Crippen LogP contribution in [0, 0.1) is 0 Å². The zero-order chi connectivity index (χ0) is 13.1. The van der Waals surface area contributed by atoms with Crippen molar-refractivity contribution in [2.24, 2.45) is 0 Å². The fraction of sp³-hybridized carbons (Fsp3) is 0.375. The summed E-state index contributed by atoms with van der Waals surface area (Å²) in [5.41, 5.74) is 4.52. The zero-order valence-corrected chi connectivity index (χ0v) is 12.5. The Bertz CT molecular complexity index is 562. The van der Waals surface area contributed by atoms with Crippen molar-refractivity contribution in [3.8, 4) is 0 Å². The van der Waals surface area contributed by atoms with Crippen LogP contribution in [0.5, 0.6) is 0 Å². The first kappa shape index (κ1) is 13.2. The Morgan fingerprint density at radius 1 is 1.11 bits per heavy atom. The van der Waals surface area contributed by atoms with Crippen LogP contribution in [-0.2, 0) is 25.8 Å². The first-order valence-corrected chi connectivity index (χ1v) is 8.06. The minimum atomic E-state index is 0.883. The van der Waals surface area contributed by atoms with Gasteiger partial charge in [0, 0.05) is 18.0 Å². The normalized spacial score (nSPS) is 13.7. The van der Waals surface area contributed by atoms with Crippen molar-refractivity contribution in [2.75, 3.05) is 6.54 Å². The van der Waals surface area contributed by atoms with E-state index in [1.165, 1.54) is 29.7 Å². The molecule has 3 heteroatoms. The first-order valence-electron chi connectivity index (χ1n) is 6.87. The van der Waals surface area contributed by atoms with E-state index in [9.17, 15) is 0 Å². The largest absolute Gasteiger partial charge is 0.312 e. The minimum absolute atomic E-state index is 0.883. The summed E-state index contributed by atoms with van der Waals surface area (Å²) < 4.78 is 0.883.